The number of hydrogen-bond acceptors (Lipinski definition) is 4. The molecular formula is C27H34O4Si. The van der Waals surface area contributed by atoms with Crippen LogP contribution in [-0.2, 0) is 0 Å². The normalized spacial score (nSPS) is 15.3. The average Bonchev–Trinajstić information content (AvgIpc) is 3.26. The number of ether oxygens (including phenoxy) is 2. The van der Waals surface area contributed by atoms with E-state index in [4.69, 9.17) is 13.9 Å². The molecule has 1 aliphatic carbocycles. The third-order valence-electron chi connectivity index (χ3n) is 7.33. The molecular weight excluding hydrogens is 416 g/mol. The Bertz CT molecular complexity index is 1180. The van der Waals surface area contributed by atoms with Gasteiger partial charge in [0.2, 0.25) is 0 Å². The van der Waals surface area contributed by atoms with Crippen LogP contribution in [0.2, 0.25) is 18.1 Å². The number of methoxy groups -OCH3 is 1. The van der Waals surface area contributed by atoms with Crippen molar-refractivity contribution in [1.82, 2.24) is 0 Å². The van der Waals surface area contributed by atoms with Gasteiger partial charge in [-0.2, -0.15) is 0 Å². The van der Waals surface area contributed by atoms with Crippen LogP contribution in [0.3, 0.4) is 0 Å². The molecule has 0 N–H and O–H groups in total. The summed E-state index contributed by atoms with van der Waals surface area (Å²) in [6, 6.07) is 13.8. The topological polar surface area (TPSA) is 48.7 Å². The van der Waals surface area contributed by atoms with Crippen molar-refractivity contribution in [3.05, 3.63) is 52.9 Å². The van der Waals surface area contributed by atoms with E-state index in [2.05, 4.69) is 46.0 Å². The van der Waals surface area contributed by atoms with Crippen LogP contribution in [0.25, 0.3) is 21.9 Å². The lowest BCUT2D eigenvalue weighted by Gasteiger charge is -2.36. The van der Waals surface area contributed by atoms with Gasteiger partial charge in [0.05, 0.1) is 24.0 Å². The van der Waals surface area contributed by atoms with Crippen molar-refractivity contribution in [2.45, 2.75) is 70.7 Å². The van der Waals surface area contributed by atoms with Gasteiger partial charge >= 0.3 is 5.63 Å². The Labute approximate surface area is 191 Å². The zero-order chi connectivity index (χ0) is 23.1. The summed E-state index contributed by atoms with van der Waals surface area (Å²) in [5, 5.41) is 2.39. The van der Waals surface area contributed by atoms with E-state index in [1.54, 1.807) is 7.11 Å². The standard InChI is InChI=1S/C27H34O4Si/c1-27(2,3)32(5,6)26-24(20-13-9-10-14-21(20)25(28)31-26)18-15-16-22(29-4)23(17-18)30-19-11-7-8-12-19/h9-10,13-17,19H,7-8,11-12H2,1-6H3. The molecule has 0 bridgehead atoms. The van der Waals surface area contributed by atoms with Crippen molar-refractivity contribution < 1.29 is 13.9 Å². The maximum atomic E-state index is 13.0. The van der Waals surface area contributed by atoms with Crippen LogP contribution in [0.1, 0.15) is 46.5 Å². The minimum atomic E-state index is -2.17. The van der Waals surface area contributed by atoms with Crippen LogP contribution < -0.4 is 20.5 Å². The molecule has 1 aromatic heterocycles. The number of fused-ring (bicyclic) bond motifs is 1. The highest BCUT2D eigenvalue weighted by Gasteiger charge is 2.42. The van der Waals surface area contributed by atoms with E-state index >= 15 is 0 Å². The van der Waals surface area contributed by atoms with Gasteiger partial charge in [0.1, 0.15) is 8.07 Å². The van der Waals surface area contributed by atoms with E-state index in [-0.39, 0.29) is 16.8 Å². The summed E-state index contributed by atoms with van der Waals surface area (Å²) in [4.78, 5) is 13.0. The van der Waals surface area contributed by atoms with E-state index in [0.29, 0.717) is 5.39 Å². The summed E-state index contributed by atoms with van der Waals surface area (Å²) >= 11 is 0. The summed E-state index contributed by atoms with van der Waals surface area (Å²) in [7, 11) is -0.496. The molecule has 170 valence electrons. The molecule has 3 aromatic rings. The average molecular weight is 451 g/mol. The lowest BCUT2D eigenvalue weighted by Crippen LogP contribution is -2.51. The molecule has 32 heavy (non-hydrogen) atoms. The van der Waals surface area contributed by atoms with Gasteiger partial charge < -0.3 is 13.9 Å². The van der Waals surface area contributed by atoms with E-state index < -0.39 is 8.07 Å². The largest absolute Gasteiger partial charge is 0.493 e. The van der Waals surface area contributed by atoms with Crippen LogP contribution in [0.4, 0.5) is 0 Å². The molecule has 0 aliphatic heterocycles. The molecule has 0 unspecified atom stereocenters. The molecule has 0 spiro atoms. The van der Waals surface area contributed by atoms with Crippen molar-refractivity contribution in [2.24, 2.45) is 0 Å². The molecule has 5 heteroatoms. The molecule has 4 rings (SSSR count). The molecule has 1 saturated carbocycles. The smallest absolute Gasteiger partial charge is 0.343 e. The van der Waals surface area contributed by atoms with E-state index in [1.807, 2.05) is 30.3 Å². The summed E-state index contributed by atoms with van der Waals surface area (Å²) in [6.45, 7) is 11.3. The maximum Gasteiger partial charge on any atom is 0.343 e. The Morgan fingerprint density at radius 1 is 0.969 bits per heavy atom. The third-order valence-corrected chi connectivity index (χ3v) is 12.6. The van der Waals surface area contributed by atoms with Crippen LogP contribution in [0.15, 0.2) is 51.7 Å². The predicted molar refractivity (Wildman–Crippen MR) is 134 cm³/mol. The maximum absolute atomic E-state index is 13.0. The fraction of sp³-hybridized carbons (Fsp3) is 0.444. The predicted octanol–water partition coefficient (Wildman–Crippen LogP) is 6.51. The Morgan fingerprint density at radius 3 is 2.25 bits per heavy atom. The highest BCUT2D eigenvalue weighted by molar-refractivity contribution is 6.92. The number of rotatable bonds is 5. The molecule has 0 amide bonds. The lowest BCUT2D eigenvalue weighted by atomic mass is 10.0. The molecule has 1 heterocycles. The molecule has 0 saturated heterocycles. The van der Waals surface area contributed by atoms with Gasteiger partial charge in [-0.25, -0.2) is 4.79 Å². The van der Waals surface area contributed by atoms with Crippen molar-refractivity contribution in [2.75, 3.05) is 7.11 Å². The highest BCUT2D eigenvalue weighted by Crippen LogP contribution is 2.41. The third kappa shape index (κ3) is 3.99. The Hall–Kier alpha value is -2.53. The molecule has 2 aromatic carbocycles. The summed E-state index contributed by atoms with van der Waals surface area (Å²) < 4.78 is 18.1. The molecule has 0 radical (unpaired) electrons. The minimum absolute atomic E-state index is 0.00972. The first-order chi connectivity index (χ1) is 15.1. The molecule has 0 atom stereocenters. The van der Waals surface area contributed by atoms with Gasteiger partial charge in [0.25, 0.3) is 0 Å². The van der Waals surface area contributed by atoms with Crippen molar-refractivity contribution in [1.29, 1.82) is 0 Å². The number of benzene rings is 2. The Kier molecular flexibility index (Phi) is 5.97. The summed E-state index contributed by atoms with van der Waals surface area (Å²) in [6.07, 6.45) is 4.79. The quantitative estimate of drug-likeness (QED) is 0.416. The second-order valence-electron chi connectivity index (χ2n) is 10.4. The van der Waals surface area contributed by atoms with Crippen LogP contribution in [0.5, 0.6) is 11.5 Å². The van der Waals surface area contributed by atoms with E-state index in [0.717, 1.165) is 46.2 Å². The Balaban J connectivity index is 1.98. The molecule has 1 aliphatic rings. The van der Waals surface area contributed by atoms with Gasteiger partial charge in [0.15, 0.2) is 11.5 Å². The molecule has 1 fully saturated rings. The van der Waals surface area contributed by atoms with Crippen LogP contribution >= 0.6 is 0 Å². The van der Waals surface area contributed by atoms with Gasteiger partial charge in [0, 0.05) is 5.56 Å². The minimum Gasteiger partial charge on any atom is -0.493 e. The Morgan fingerprint density at radius 2 is 1.62 bits per heavy atom. The first kappa shape index (κ1) is 22.7. The zero-order valence-corrected chi connectivity index (χ0v) is 21.1. The second-order valence-corrected chi connectivity index (χ2v) is 15.6. The van der Waals surface area contributed by atoms with Crippen molar-refractivity contribution in [3.8, 4) is 22.6 Å². The SMILES string of the molecule is COc1ccc(-c2c([Si](C)(C)C(C)(C)C)oc(=O)c3ccccc23)cc1OC1CCCC1. The monoisotopic (exact) mass is 450 g/mol. The molecule has 4 nitrogen and oxygen atoms in total. The van der Waals surface area contributed by atoms with Gasteiger partial charge in [-0.3, -0.25) is 0 Å². The van der Waals surface area contributed by atoms with Crippen LogP contribution in [-0.4, -0.2) is 21.3 Å². The summed E-state index contributed by atoms with van der Waals surface area (Å²) in [5.74, 6) is 1.49. The van der Waals surface area contributed by atoms with Crippen LogP contribution in [0, 0.1) is 0 Å². The van der Waals surface area contributed by atoms with Gasteiger partial charge in [-0.15, -0.1) is 0 Å². The highest BCUT2D eigenvalue weighted by atomic mass is 28.3. The summed E-state index contributed by atoms with van der Waals surface area (Å²) in [5.41, 5.74) is 1.74. The first-order valence-corrected chi connectivity index (χ1v) is 14.5. The fourth-order valence-electron chi connectivity index (χ4n) is 4.38. The fourth-order valence-corrected chi connectivity index (χ4v) is 6.31. The first-order valence-electron chi connectivity index (χ1n) is 11.5. The number of hydrogen-bond donors (Lipinski definition) is 0. The van der Waals surface area contributed by atoms with Crippen molar-refractivity contribution in [3.63, 3.8) is 0 Å². The lowest BCUT2D eigenvalue weighted by molar-refractivity contribution is 0.201. The second kappa shape index (κ2) is 8.43. The van der Waals surface area contributed by atoms with E-state index in [9.17, 15) is 4.79 Å². The van der Waals surface area contributed by atoms with Gasteiger partial charge in [-0.1, -0.05) is 58.1 Å². The van der Waals surface area contributed by atoms with Gasteiger partial charge in [-0.05, 0) is 59.9 Å². The van der Waals surface area contributed by atoms with E-state index in [1.165, 1.54) is 12.8 Å². The van der Waals surface area contributed by atoms with Crippen molar-refractivity contribution >= 4 is 24.2 Å². The zero-order valence-electron chi connectivity index (χ0n) is 20.1.